The Labute approximate surface area is 166 Å². The highest BCUT2D eigenvalue weighted by atomic mass is 35.5. The van der Waals surface area contributed by atoms with Gasteiger partial charge in [-0.05, 0) is 56.6 Å². The van der Waals surface area contributed by atoms with E-state index in [9.17, 15) is 8.42 Å². The molecule has 146 valence electrons. The molecule has 1 fully saturated rings. The van der Waals surface area contributed by atoms with Crippen molar-refractivity contribution in [1.82, 2.24) is 9.62 Å². The van der Waals surface area contributed by atoms with Gasteiger partial charge in [0.15, 0.2) is 0 Å². The van der Waals surface area contributed by atoms with Crippen LogP contribution in [0.3, 0.4) is 0 Å². The van der Waals surface area contributed by atoms with Crippen molar-refractivity contribution in [3.05, 3.63) is 58.6 Å². The van der Waals surface area contributed by atoms with Gasteiger partial charge in [0.2, 0.25) is 10.0 Å². The Bertz CT molecular complexity index is 896. The quantitative estimate of drug-likeness (QED) is 0.757. The van der Waals surface area contributed by atoms with Crippen LogP contribution in [0.5, 0.6) is 5.75 Å². The smallest absolute Gasteiger partial charge is 0.240 e. The lowest BCUT2D eigenvalue weighted by Crippen LogP contribution is -2.37. The van der Waals surface area contributed by atoms with Crippen molar-refractivity contribution in [2.75, 3.05) is 26.7 Å². The average Bonchev–Trinajstić information content (AvgIpc) is 3.19. The van der Waals surface area contributed by atoms with Crippen LogP contribution in [0.4, 0.5) is 0 Å². The van der Waals surface area contributed by atoms with Crippen molar-refractivity contribution in [2.45, 2.75) is 30.7 Å². The molecule has 7 heteroatoms. The van der Waals surface area contributed by atoms with Crippen LogP contribution in [-0.2, 0) is 10.0 Å². The van der Waals surface area contributed by atoms with Gasteiger partial charge in [-0.2, -0.15) is 0 Å². The molecular weight excluding hydrogens is 384 g/mol. The molecular formula is C20H25ClN2O3S. The summed E-state index contributed by atoms with van der Waals surface area (Å²) in [6, 6.07) is 12.5. The first-order chi connectivity index (χ1) is 12.9. The molecule has 1 N–H and O–H groups in total. The Hall–Kier alpha value is -1.60. The Balaban J connectivity index is 1.85. The van der Waals surface area contributed by atoms with E-state index in [0.717, 1.165) is 42.8 Å². The number of nitrogens with zero attached hydrogens (tertiary/aromatic N) is 1. The Morgan fingerprint density at radius 3 is 2.56 bits per heavy atom. The molecule has 5 nitrogen and oxygen atoms in total. The number of ether oxygens (including phenoxy) is 1. The number of benzene rings is 2. The summed E-state index contributed by atoms with van der Waals surface area (Å²) in [6.45, 7) is 4.01. The second-order valence-electron chi connectivity index (χ2n) is 6.76. The number of rotatable bonds is 7. The molecule has 1 heterocycles. The predicted molar refractivity (Wildman–Crippen MR) is 108 cm³/mol. The van der Waals surface area contributed by atoms with Gasteiger partial charge in [0.1, 0.15) is 5.75 Å². The number of likely N-dealkylation sites (tertiary alicyclic amines) is 1. The highest BCUT2D eigenvalue weighted by molar-refractivity contribution is 7.89. The minimum absolute atomic E-state index is 0.0839. The van der Waals surface area contributed by atoms with Crippen LogP contribution in [0.25, 0.3) is 0 Å². The van der Waals surface area contributed by atoms with Gasteiger partial charge in [-0.15, -0.1) is 0 Å². The van der Waals surface area contributed by atoms with E-state index < -0.39 is 10.0 Å². The lowest BCUT2D eigenvalue weighted by atomic mass is 10.0. The van der Waals surface area contributed by atoms with Crippen LogP contribution in [0.15, 0.2) is 47.4 Å². The van der Waals surface area contributed by atoms with Gasteiger partial charge < -0.3 is 4.74 Å². The maximum absolute atomic E-state index is 12.8. The number of methoxy groups -OCH3 is 1. The van der Waals surface area contributed by atoms with Crippen molar-refractivity contribution >= 4 is 21.6 Å². The lowest BCUT2D eigenvalue weighted by Gasteiger charge is -2.29. The fourth-order valence-corrected chi connectivity index (χ4v) is 4.75. The van der Waals surface area contributed by atoms with Crippen LogP contribution in [0.2, 0.25) is 5.02 Å². The van der Waals surface area contributed by atoms with E-state index in [0.29, 0.717) is 5.02 Å². The van der Waals surface area contributed by atoms with Crippen molar-refractivity contribution in [3.8, 4) is 5.75 Å². The topological polar surface area (TPSA) is 58.6 Å². The summed E-state index contributed by atoms with van der Waals surface area (Å²) < 4.78 is 33.8. The molecule has 27 heavy (non-hydrogen) atoms. The number of sulfonamides is 1. The third-order valence-corrected chi connectivity index (χ3v) is 6.83. The Morgan fingerprint density at radius 2 is 1.89 bits per heavy atom. The van der Waals surface area contributed by atoms with Crippen molar-refractivity contribution < 1.29 is 13.2 Å². The van der Waals surface area contributed by atoms with E-state index in [-0.39, 0.29) is 17.5 Å². The zero-order chi connectivity index (χ0) is 19.4. The van der Waals surface area contributed by atoms with Crippen LogP contribution in [0.1, 0.15) is 30.0 Å². The number of nitrogens with one attached hydrogen (secondary N) is 1. The van der Waals surface area contributed by atoms with Crippen molar-refractivity contribution in [1.29, 1.82) is 0 Å². The third kappa shape index (κ3) is 4.63. The summed E-state index contributed by atoms with van der Waals surface area (Å²) in [7, 11) is -2.02. The summed E-state index contributed by atoms with van der Waals surface area (Å²) >= 11 is 6.10. The van der Waals surface area contributed by atoms with Crippen LogP contribution in [0, 0.1) is 6.92 Å². The summed E-state index contributed by atoms with van der Waals surface area (Å²) in [5.41, 5.74) is 1.84. The maximum atomic E-state index is 12.8. The number of hydrogen-bond donors (Lipinski definition) is 1. The van der Waals surface area contributed by atoms with Gasteiger partial charge in [-0.3, -0.25) is 4.90 Å². The highest BCUT2D eigenvalue weighted by Gasteiger charge is 2.27. The van der Waals surface area contributed by atoms with E-state index in [1.807, 2.05) is 31.2 Å². The minimum Gasteiger partial charge on any atom is -0.496 e. The molecule has 0 aromatic heterocycles. The Kier molecular flexibility index (Phi) is 6.42. The van der Waals surface area contributed by atoms with Gasteiger partial charge in [-0.25, -0.2) is 13.1 Å². The molecule has 0 radical (unpaired) electrons. The molecule has 0 saturated carbocycles. The second-order valence-corrected chi connectivity index (χ2v) is 8.94. The van der Waals surface area contributed by atoms with Gasteiger partial charge in [0.05, 0.1) is 18.0 Å². The standard InChI is InChI=1S/C20H25ClN2O3S/c1-15-9-10-16(13-18(15)21)27(24,25)22-14-19(23-11-5-6-12-23)17-7-3-4-8-20(17)26-2/h3-4,7-10,13,19,22H,5-6,11-12,14H2,1-2H3. The molecule has 2 aromatic rings. The number of para-hydroxylation sites is 1. The molecule has 0 bridgehead atoms. The molecule has 1 saturated heterocycles. The zero-order valence-corrected chi connectivity index (χ0v) is 17.2. The van der Waals surface area contributed by atoms with E-state index >= 15 is 0 Å². The van der Waals surface area contributed by atoms with Crippen molar-refractivity contribution in [3.63, 3.8) is 0 Å². The van der Waals surface area contributed by atoms with E-state index in [4.69, 9.17) is 16.3 Å². The summed E-state index contributed by atoms with van der Waals surface area (Å²) in [6.07, 6.45) is 2.23. The fourth-order valence-electron chi connectivity index (χ4n) is 3.44. The molecule has 1 aliphatic heterocycles. The molecule has 0 aliphatic carbocycles. The molecule has 2 aromatic carbocycles. The number of hydrogen-bond acceptors (Lipinski definition) is 4. The first kappa shape index (κ1) is 20.1. The fraction of sp³-hybridized carbons (Fsp3) is 0.400. The third-order valence-electron chi connectivity index (χ3n) is 5.00. The molecule has 0 spiro atoms. The molecule has 1 unspecified atom stereocenters. The molecule has 3 rings (SSSR count). The van der Waals surface area contributed by atoms with Gasteiger partial charge in [0.25, 0.3) is 0 Å². The van der Waals surface area contributed by atoms with Gasteiger partial charge in [-0.1, -0.05) is 35.9 Å². The normalized spacial score (nSPS) is 16.4. The monoisotopic (exact) mass is 408 g/mol. The SMILES string of the molecule is COc1ccccc1C(CNS(=O)(=O)c1ccc(C)c(Cl)c1)N1CCCC1. The van der Waals surface area contributed by atoms with Gasteiger partial charge in [0, 0.05) is 17.1 Å². The van der Waals surface area contributed by atoms with Crippen LogP contribution in [-0.4, -0.2) is 40.1 Å². The largest absolute Gasteiger partial charge is 0.496 e. The second kappa shape index (κ2) is 8.61. The lowest BCUT2D eigenvalue weighted by molar-refractivity contribution is 0.240. The van der Waals surface area contributed by atoms with E-state index in [2.05, 4.69) is 9.62 Å². The van der Waals surface area contributed by atoms with Crippen molar-refractivity contribution in [2.24, 2.45) is 0 Å². The summed E-state index contributed by atoms with van der Waals surface area (Å²) in [5, 5.41) is 0.443. The molecule has 1 atom stereocenters. The minimum atomic E-state index is -3.65. The Morgan fingerprint density at radius 1 is 1.19 bits per heavy atom. The first-order valence-electron chi connectivity index (χ1n) is 9.05. The molecule has 1 aliphatic rings. The highest BCUT2D eigenvalue weighted by Crippen LogP contribution is 2.31. The van der Waals surface area contributed by atoms with Crippen LogP contribution >= 0.6 is 11.6 Å². The molecule has 0 amide bonds. The van der Waals surface area contributed by atoms with Crippen LogP contribution < -0.4 is 9.46 Å². The predicted octanol–water partition coefficient (Wildman–Crippen LogP) is 3.77. The summed E-state index contributed by atoms with van der Waals surface area (Å²) in [4.78, 5) is 2.49. The van der Waals surface area contributed by atoms with Gasteiger partial charge >= 0.3 is 0 Å². The van der Waals surface area contributed by atoms with E-state index in [1.54, 1.807) is 19.2 Å². The number of aryl methyl sites for hydroxylation is 1. The first-order valence-corrected chi connectivity index (χ1v) is 10.9. The zero-order valence-electron chi connectivity index (χ0n) is 15.6. The van der Waals surface area contributed by atoms with E-state index in [1.165, 1.54) is 6.07 Å². The maximum Gasteiger partial charge on any atom is 0.240 e. The number of halogens is 1. The summed E-state index contributed by atoms with van der Waals surface area (Å²) in [5.74, 6) is 0.770. The average molecular weight is 409 g/mol.